The van der Waals surface area contributed by atoms with Crippen LogP contribution in [0.1, 0.15) is 25.3 Å². The van der Waals surface area contributed by atoms with Crippen molar-refractivity contribution >= 4 is 12.0 Å². The Morgan fingerprint density at radius 3 is 2.50 bits per heavy atom. The first-order chi connectivity index (χ1) is 14.5. The standard InChI is InChI=1S/C23H25N3O4/c1-16(2)26(15-21-24-23(25-30-21)18-8-6-5-7-9-18)22(27)13-11-17-10-12-19(28-3)20(14-17)29-4/h5-14,16H,15H2,1-4H3/b13-11+. The van der Waals surface area contributed by atoms with Gasteiger partial charge in [-0.1, -0.05) is 41.6 Å². The second-order valence-electron chi connectivity index (χ2n) is 6.89. The number of hydrogen-bond acceptors (Lipinski definition) is 6. The highest BCUT2D eigenvalue weighted by Gasteiger charge is 2.19. The summed E-state index contributed by atoms with van der Waals surface area (Å²) in [5.41, 5.74) is 1.69. The molecule has 0 unspecified atom stereocenters. The molecule has 1 heterocycles. The van der Waals surface area contributed by atoms with Crippen LogP contribution in [0.5, 0.6) is 11.5 Å². The Hall–Kier alpha value is -3.61. The third-order valence-electron chi connectivity index (χ3n) is 4.54. The summed E-state index contributed by atoms with van der Waals surface area (Å²) in [6, 6.07) is 15.0. The van der Waals surface area contributed by atoms with Crippen LogP contribution in [-0.4, -0.2) is 41.2 Å². The lowest BCUT2D eigenvalue weighted by Crippen LogP contribution is -2.35. The van der Waals surface area contributed by atoms with Gasteiger partial charge in [0.2, 0.25) is 17.6 Å². The molecule has 2 aromatic carbocycles. The number of methoxy groups -OCH3 is 2. The molecular formula is C23H25N3O4. The molecule has 0 aliphatic carbocycles. The Morgan fingerprint density at radius 1 is 1.10 bits per heavy atom. The summed E-state index contributed by atoms with van der Waals surface area (Å²) in [4.78, 5) is 18.9. The lowest BCUT2D eigenvalue weighted by molar-refractivity contribution is -0.128. The number of ether oxygens (including phenoxy) is 2. The SMILES string of the molecule is COc1ccc(/C=C/C(=O)N(Cc2nc(-c3ccccc3)no2)C(C)C)cc1OC. The molecule has 1 amide bonds. The van der Waals surface area contributed by atoms with Gasteiger partial charge in [-0.3, -0.25) is 4.79 Å². The first-order valence-electron chi connectivity index (χ1n) is 9.60. The predicted octanol–water partition coefficient (Wildman–Crippen LogP) is 4.20. The van der Waals surface area contributed by atoms with Crippen molar-refractivity contribution in [1.29, 1.82) is 0 Å². The normalized spacial score (nSPS) is 11.1. The van der Waals surface area contributed by atoms with Gasteiger partial charge < -0.3 is 18.9 Å². The van der Waals surface area contributed by atoms with E-state index in [0.717, 1.165) is 11.1 Å². The molecule has 0 saturated carbocycles. The maximum atomic E-state index is 12.8. The summed E-state index contributed by atoms with van der Waals surface area (Å²) in [5.74, 6) is 1.97. The molecule has 0 bridgehead atoms. The van der Waals surface area contributed by atoms with E-state index in [4.69, 9.17) is 14.0 Å². The van der Waals surface area contributed by atoms with E-state index in [2.05, 4.69) is 10.1 Å². The van der Waals surface area contributed by atoms with Gasteiger partial charge >= 0.3 is 0 Å². The number of nitrogens with zero attached hydrogens (tertiary/aromatic N) is 3. The lowest BCUT2D eigenvalue weighted by atomic mass is 10.1. The van der Waals surface area contributed by atoms with Gasteiger partial charge in [0, 0.05) is 17.7 Å². The van der Waals surface area contributed by atoms with Crippen LogP contribution in [0, 0.1) is 0 Å². The Morgan fingerprint density at radius 2 is 1.83 bits per heavy atom. The van der Waals surface area contributed by atoms with Crippen LogP contribution in [0.25, 0.3) is 17.5 Å². The average Bonchev–Trinajstić information content (AvgIpc) is 3.24. The first-order valence-corrected chi connectivity index (χ1v) is 9.60. The number of benzene rings is 2. The van der Waals surface area contributed by atoms with Crippen molar-refractivity contribution < 1.29 is 18.8 Å². The Balaban J connectivity index is 1.73. The summed E-state index contributed by atoms with van der Waals surface area (Å²) in [7, 11) is 3.16. The molecular weight excluding hydrogens is 382 g/mol. The minimum atomic E-state index is -0.153. The van der Waals surface area contributed by atoms with Gasteiger partial charge in [-0.25, -0.2) is 0 Å². The first kappa shape index (κ1) is 21.1. The minimum Gasteiger partial charge on any atom is -0.493 e. The molecule has 0 fully saturated rings. The highest BCUT2D eigenvalue weighted by atomic mass is 16.5. The smallest absolute Gasteiger partial charge is 0.247 e. The van der Waals surface area contributed by atoms with E-state index in [-0.39, 0.29) is 18.5 Å². The van der Waals surface area contributed by atoms with E-state index < -0.39 is 0 Å². The van der Waals surface area contributed by atoms with Gasteiger partial charge in [0.1, 0.15) is 6.54 Å². The van der Waals surface area contributed by atoms with Crippen molar-refractivity contribution in [3.05, 3.63) is 66.1 Å². The second-order valence-corrected chi connectivity index (χ2v) is 6.89. The Bertz CT molecular complexity index is 1010. The lowest BCUT2D eigenvalue weighted by Gasteiger charge is -2.23. The monoisotopic (exact) mass is 407 g/mol. The van der Waals surface area contributed by atoms with Crippen molar-refractivity contribution in [3.8, 4) is 22.9 Å². The van der Waals surface area contributed by atoms with E-state index in [9.17, 15) is 4.79 Å². The molecule has 0 radical (unpaired) electrons. The number of amides is 1. The van der Waals surface area contributed by atoms with Gasteiger partial charge in [0.15, 0.2) is 11.5 Å². The number of carbonyl (C=O) groups is 1. The maximum absolute atomic E-state index is 12.8. The summed E-state index contributed by atoms with van der Waals surface area (Å²) in [5, 5.41) is 4.02. The molecule has 0 aliphatic rings. The average molecular weight is 407 g/mol. The van der Waals surface area contributed by atoms with Gasteiger partial charge in [0.25, 0.3) is 0 Å². The molecule has 3 aromatic rings. The molecule has 0 atom stereocenters. The third-order valence-corrected chi connectivity index (χ3v) is 4.54. The predicted molar refractivity (Wildman–Crippen MR) is 114 cm³/mol. The molecule has 7 nitrogen and oxygen atoms in total. The number of aromatic nitrogens is 2. The van der Waals surface area contributed by atoms with E-state index in [0.29, 0.717) is 23.2 Å². The van der Waals surface area contributed by atoms with Crippen LogP contribution >= 0.6 is 0 Å². The van der Waals surface area contributed by atoms with Crippen molar-refractivity contribution in [2.24, 2.45) is 0 Å². The highest BCUT2D eigenvalue weighted by Crippen LogP contribution is 2.28. The van der Waals surface area contributed by atoms with Crippen LogP contribution in [-0.2, 0) is 11.3 Å². The molecule has 156 valence electrons. The fraction of sp³-hybridized carbons (Fsp3) is 0.261. The largest absolute Gasteiger partial charge is 0.493 e. The molecule has 3 rings (SSSR count). The van der Waals surface area contributed by atoms with Crippen LogP contribution in [0.4, 0.5) is 0 Å². The van der Waals surface area contributed by atoms with Gasteiger partial charge in [0.05, 0.1) is 14.2 Å². The summed E-state index contributed by atoms with van der Waals surface area (Å²) >= 11 is 0. The van der Waals surface area contributed by atoms with E-state index >= 15 is 0 Å². The van der Waals surface area contributed by atoms with Gasteiger partial charge in [-0.15, -0.1) is 0 Å². The van der Waals surface area contributed by atoms with Gasteiger partial charge in [-0.05, 0) is 37.6 Å². The fourth-order valence-corrected chi connectivity index (χ4v) is 2.90. The zero-order valence-corrected chi connectivity index (χ0v) is 17.5. The third kappa shape index (κ3) is 5.05. The van der Waals surface area contributed by atoms with Gasteiger partial charge in [-0.2, -0.15) is 4.98 Å². The second kappa shape index (κ2) is 9.73. The number of carbonyl (C=O) groups excluding carboxylic acids is 1. The van der Waals surface area contributed by atoms with Crippen LogP contribution in [0.2, 0.25) is 0 Å². The molecule has 30 heavy (non-hydrogen) atoms. The van der Waals surface area contributed by atoms with Crippen LogP contribution in [0.3, 0.4) is 0 Å². The van der Waals surface area contributed by atoms with E-state index in [1.54, 1.807) is 31.3 Å². The maximum Gasteiger partial charge on any atom is 0.247 e. The summed E-state index contributed by atoms with van der Waals surface area (Å²) < 4.78 is 15.9. The quantitative estimate of drug-likeness (QED) is 0.521. The van der Waals surface area contributed by atoms with Crippen LogP contribution in [0.15, 0.2) is 59.1 Å². The Kier molecular flexibility index (Phi) is 6.85. The number of hydrogen-bond donors (Lipinski definition) is 0. The van der Waals surface area contributed by atoms with E-state index in [1.165, 1.54) is 6.08 Å². The molecule has 0 saturated heterocycles. The highest BCUT2D eigenvalue weighted by molar-refractivity contribution is 5.92. The fourth-order valence-electron chi connectivity index (χ4n) is 2.90. The van der Waals surface area contributed by atoms with Crippen LogP contribution < -0.4 is 9.47 Å². The molecule has 1 aromatic heterocycles. The molecule has 0 spiro atoms. The molecule has 0 N–H and O–H groups in total. The summed E-state index contributed by atoms with van der Waals surface area (Å²) in [6.45, 7) is 4.11. The zero-order chi connectivity index (χ0) is 21.5. The minimum absolute atomic E-state index is 0.0420. The molecule has 7 heteroatoms. The topological polar surface area (TPSA) is 77.7 Å². The zero-order valence-electron chi connectivity index (χ0n) is 17.5. The van der Waals surface area contributed by atoms with Crippen molar-refractivity contribution in [1.82, 2.24) is 15.0 Å². The summed E-state index contributed by atoms with van der Waals surface area (Å²) in [6.07, 6.45) is 3.26. The number of rotatable bonds is 8. The van der Waals surface area contributed by atoms with Crippen molar-refractivity contribution in [2.45, 2.75) is 26.4 Å². The molecule has 0 aliphatic heterocycles. The Labute approximate surface area is 175 Å². The van der Waals surface area contributed by atoms with E-state index in [1.807, 2.05) is 56.3 Å². The van der Waals surface area contributed by atoms with Crippen molar-refractivity contribution in [3.63, 3.8) is 0 Å². The van der Waals surface area contributed by atoms with Crippen molar-refractivity contribution in [2.75, 3.05) is 14.2 Å².